The van der Waals surface area contributed by atoms with E-state index in [0.29, 0.717) is 12.2 Å². The van der Waals surface area contributed by atoms with E-state index in [0.717, 1.165) is 5.56 Å². The Bertz CT molecular complexity index is 278. The van der Waals surface area contributed by atoms with E-state index in [4.69, 9.17) is 10.6 Å². The molecule has 4 heteroatoms. The van der Waals surface area contributed by atoms with Crippen LogP contribution in [0.1, 0.15) is 11.1 Å². The van der Waals surface area contributed by atoms with E-state index in [1.807, 2.05) is 0 Å². The number of nitrogens with two attached hydrogens (primary N) is 1. The molecule has 0 spiro atoms. The second kappa shape index (κ2) is 4.91. The first-order valence-corrected chi connectivity index (χ1v) is 3.86. The second-order valence-corrected chi connectivity index (χ2v) is 2.67. The minimum absolute atomic E-state index is 0.0728. The van der Waals surface area contributed by atoms with Gasteiger partial charge >= 0.3 is 0 Å². The minimum atomic E-state index is -0.315. The average Bonchev–Trinajstić information content (AvgIpc) is 2.12. The first kappa shape index (κ1) is 10.1. The standard InChI is InChI=1S/C9H12FNO2/c1-12-5-7-2-3-9(10)8(4-7)6-13-11/h2-4H,5-6,11H2,1H3. The van der Waals surface area contributed by atoms with E-state index in [2.05, 4.69) is 4.84 Å². The quantitative estimate of drug-likeness (QED) is 0.720. The van der Waals surface area contributed by atoms with Crippen LogP contribution in [0.5, 0.6) is 0 Å². The van der Waals surface area contributed by atoms with Crippen LogP contribution in [0.3, 0.4) is 0 Å². The molecule has 0 aliphatic heterocycles. The molecular weight excluding hydrogens is 173 g/mol. The maximum atomic E-state index is 13.0. The van der Waals surface area contributed by atoms with Gasteiger partial charge in [-0.15, -0.1) is 0 Å². The van der Waals surface area contributed by atoms with Crippen LogP contribution in [-0.4, -0.2) is 7.11 Å². The summed E-state index contributed by atoms with van der Waals surface area (Å²) in [5.74, 6) is 4.54. The van der Waals surface area contributed by atoms with E-state index in [-0.39, 0.29) is 12.4 Å². The predicted molar refractivity (Wildman–Crippen MR) is 46.1 cm³/mol. The van der Waals surface area contributed by atoms with Gasteiger partial charge in [0, 0.05) is 12.7 Å². The zero-order valence-electron chi connectivity index (χ0n) is 7.42. The van der Waals surface area contributed by atoms with Crippen molar-refractivity contribution in [2.75, 3.05) is 7.11 Å². The van der Waals surface area contributed by atoms with Crippen molar-refractivity contribution in [3.63, 3.8) is 0 Å². The molecule has 0 saturated carbocycles. The smallest absolute Gasteiger partial charge is 0.128 e. The van der Waals surface area contributed by atoms with Gasteiger partial charge in [0.2, 0.25) is 0 Å². The number of methoxy groups -OCH3 is 1. The third kappa shape index (κ3) is 2.77. The van der Waals surface area contributed by atoms with Crippen molar-refractivity contribution in [3.8, 4) is 0 Å². The zero-order valence-corrected chi connectivity index (χ0v) is 7.42. The van der Waals surface area contributed by atoms with E-state index in [9.17, 15) is 4.39 Å². The summed E-state index contributed by atoms with van der Waals surface area (Å²) in [5.41, 5.74) is 1.34. The summed E-state index contributed by atoms with van der Waals surface area (Å²) in [4.78, 5) is 4.36. The summed E-state index contributed by atoms with van der Waals surface area (Å²) in [7, 11) is 1.59. The van der Waals surface area contributed by atoms with Gasteiger partial charge < -0.3 is 4.74 Å². The summed E-state index contributed by atoms with van der Waals surface area (Å²) in [6.07, 6.45) is 0. The van der Waals surface area contributed by atoms with E-state index in [1.165, 1.54) is 6.07 Å². The van der Waals surface area contributed by atoms with Gasteiger partial charge in [0.15, 0.2) is 0 Å². The van der Waals surface area contributed by atoms with Gasteiger partial charge in [0.05, 0.1) is 13.2 Å². The van der Waals surface area contributed by atoms with Crippen LogP contribution >= 0.6 is 0 Å². The van der Waals surface area contributed by atoms with Crippen molar-refractivity contribution < 1.29 is 14.0 Å². The summed E-state index contributed by atoms with van der Waals surface area (Å²) < 4.78 is 17.9. The molecule has 2 N–H and O–H groups in total. The third-order valence-corrected chi connectivity index (χ3v) is 1.66. The molecule has 0 fully saturated rings. The minimum Gasteiger partial charge on any atom is -0.380 e. The highest BCUT2D eigenvalue weighted by atomic mass is 19.1. The third-order valence-electron chi connectivity index (χ3n) is 1.66. The van der Waals surface area contributed by atoms with Gasteiger partial charge in [-0.25, -0.2) is 10.3 Å². The van der Waals surface area contributed by atoms with Crippen LogP contribution in [0, 0.1) is 5.82 Å². The van der Waals surface area contributed by atoms with Crippen molar-refractivity contribution in [3.05, 3.63) is 35.1 Å². The van der Waals surface area contributed by atoms with Crippen molar-refractivity contribution in [2.24, 2.45) is 5.90 Å². The Hall–Kier alpha value is -0.970. The molecule has 0 aromatic heterocycles. The molecule has 0 aliphatic carbocycles. The van der Waals surface area contributed by atoms with Crippen molar-refractivity contribution in [2.45, 2.75) is 13.2 Å². The fraction of sp³-hybridized carbons (Fsp3) is 0.333. The lowest BCUT2D eigenvalue weighted by molar-refractivity contribution is 0.121. The van der Waals surface area contributed by atoms with Gasteiger partial charge in [0.25, 0.3) is 0 Å². The molecule has 0 radical (unpaired) electrons. The lowest BCUT2D eigenvalue weighted by atomic mass is 10.1. The number of hydrogen-bond donors (Lipinski definition) is 1. The fourth-order valence-electron chi connectivity index (χ4n) is 1.08. The largest absolute Gasteiger partial charge is 0.380 e. The van der Waals surface area contributed by atoms with Gasteiger partial charge in [-0.1, -0.05) is 6.07 Å². The molecule has 0 atom stereocenters. The molecule has 0 aliphatic rings. The first-order valence-electron chi connectivity index (χ1n) is 3.86. The topological polar surface area (TPSA) is 44.5 Å². The highest BCUT2D eigenvalue weighted by Crippen LogP contribution is 2.11. The van der Waals surface area contributed by atoms with E-state index < -0.39 is 0 Å². The lowest BCUT2D eigenvalue weighted by Gasteiger charge is -2.04. The van der Waals surface area contributed by atoms with E-state index in [1.54, 1.807) is 19.2 Å². The lowest BCUT2D eigenvalue weighted by Crippen LogP contribution is -2.02. The van der Waals surface area contributed by atoms with Crippen molar-refractivity contribution in [1.82, 2.24) is 0 Å². The molecule has 0 bridgehead atoms. The maximum absolute atomic E-state index is 13.0. The molecular formula is C9H12FNO2. The summed E-state index contributed by atoms with van der Waals surface area (Å²) in [6, 6.07) is 4.72. The molecule has 1 aromatic carbocycles. The molecule has 0 unspecified atom stereocenters. The van der Waals surface area contributed by atoms with Gasteiger partial charge in [-0.3, -0.25) is 4.84 Å². The Labute approximate surface area is 76.2 Å². The number of ether oxygens (including phenoxy) is 1. The number of benzene rings is 1. The highest BCUT2D eigenvalue weighted by molar-refractivity contribution is 5.24. The van der Waals surface area contributed by atoms with Gasteiger partial charge in [0.1, 0.15) is 5.82 Å². The second-order valence-electron chi connectivity index (χ2n) is 2.67. The summed E-state index contributed by atoms with van der Waals surface area (Å²) in [5, 5.41) is 0. The molecule has 72 valence electrons. The summed E-state index contributed by atoms with van der Waals surface area (Å²) in [6.45, 7) is 0.529. The van der Waals surface area contributed by atoms with Crippen LogP contribution in [0.25, 0.3) is 0 Å². The average molecular weight is 185 g/mol. The van der Waals surface area contributed by atoms with Gasteiger partial charge in [-0.2, -0.15) is 0 Å². The SMILES string of the molecule is COCc1ccc(F)c(CON)c1. The van der Waals surface area contributed by atoms with Crippen LogP contribution in [-0.2, 0) is 22.8 Å². The Morgan fingerprint density at radius 1 is 1.38 bits per heavy atom. The Balaban J connectivity index is 2.83. The fourth-order valence-corrected chi connectivity index (χ4v) is 1.08. The Morgan fingerprint density at radius 3 is 2.77 bits per heavy atom. The maximum Gasteiger partial charge on any atom is 0.128 e. The molecule has 0 amide bonds. The van der Waals surface area contributed by atoms with Crippen LogP contribution < -0.4 is 5.90 Å². The van der Waals surface area contributed by atoms with Gasteiger partial charge in [-0.05, 0) is 17.7 Å². The highest BCUT2D eigenvalue weighted by Gasteiger charge is 2.02. The van der Waals surface area contributed by atoms with Crippen molar-refractivity contribution in [1.29, 1.82) is 0 Å². The molecule has 0 saturated heterocycles. The normalized spacial score (nSPS) is 10.4. The molecule has 1 aromatic rings. The predicted octanol–water partition coefficient (Wildman–Crippen LogP) is 1.36. The Morgan fingerprint density at radius 2 is 2.15 bits per heavy atom. The Kier molecular flexibility index (Phi) is 3.82. The van der Waals surface area contributed by atoms with Crippen molar-refractivity contribution >= 4 is 0 Å². The number of halogens is 1. The first-order chi connectivity index (χ1) is 6.27. The number of hydrogen-bond acceptors (Lipinski definition) is 3. The molecule has 3 nitrogen and oxygen atoms in total. The van der Waals surface area contributed by atoms with Crippen LogP contribution in [0.2, 0.25) is 0 Å². The van der Waals surface area contributed by atoms with Crippen LogP contribution in [0.4, 0.5) is 4.39 Å². The molecule has 0 heterocycles. The van der Waals surface area contributed by atoms with Crippen LogP contribution in [0.15, 0.2) is 18.2 Å². The molecule has 1 rings (SSSR count). The number of rotatable bonds is 4. The van der Waals surface area contributed by atoms with E-state index >= 15 is 0 Å². The monoisotopic (exact) mass is 185 g/mol. The molecule has 13 heavy (non-hydrogen) atoms. The summed E-state index contributed by atoms with van der Waals surface area (Å²) >= 11 is 0. The zero-order chi connectivity index (χ0) is 9.68.